The van der Waals surface area contributed by atoms with Crippen molar-refractivity contribution < 1.29 is 9.15 Å². The maximum absolute atomic E-state index is 12.3. The van der Waals surface area contributed by atoms with Crippen molar-refractivity contribution >= 4 is 22.3 Å². The molecule has 0 aliphatic carbocycles. The third-order valence-corrected chi connectivity index (χ3v) is 3.84. The molecule has 0 fully saturated rings. The van der Waals surface area contributed by atoms with Crippen molar-refractivity contribution in [2.24, 2.45) is 0 Å². The topological polar surface area (TPSA) is 39.4 Å². The lowest BCUT2D eigenvalue weighted by Crippen LogP contribution is -2.03. The third-order valence-electron chi connectivity index (χ3n) is 3.16. The van der Waals surface area contributed by atoms with Gasteiger partial charge in [-0.1, -0.05) is 0 Å². The lowest BCUT2D eigenvalue weighted by Gasteiger charge is -2.08. The predicted octanol–water partition coefficient (Wildman–Crippen LogP) is 3.98. The van der Waals surface area contributed by atoms with Crippen LogP contribution in [0.15, 0.2) is 44.2 Å². The summed E-state index contributed by atoms with van der Waals surface area (Å²) in [7, 11) is 1.63. The molecule has 3 aromatic rings. The Balaban J connectivity index is 2.31. The van der Waals surface area contributed by atoms with E-state index in [0.717, 1.165) is 16.7 Å². The van der Waals surface area contributed by atoms with E-state index in [4.69, 9.17) is 9.15 Å². The van der Waals surface area contributed by atoms with Crippen LogP contribution in [0.3, 0.4) is 0 Å². The third kappa shape index (κ3) is 2.28. The molecule has 20 heavy (non-hydrogen) atoms. The molecule has 4 heteroatoms. The van der Waals surface area contributed by atoms with E-state index in [1.807, 2.05) is 35.9 Å². The van der Waals surface area contributed by atoms with Crippen molar-refractivity contribution in [2.75, 3.05) is 7.11 Å². The summed E-state index contributed by atoms with van der Waals surface area (Å²) in [4.78, 5) is 12.3. The molecule has 3 rings (SSSR count). The minimum absolute atomic E-state index is 0.0199. The van der Waals surface area contributed by atoms with E-state index in [1.54, 1.807) is 24.5 Å². The van der Waals surface area contributed by atoms with Crippen molar-refractivity contribution in [3.05, 3.63) is 56.4 Å². The first-order valence-electron chi connectivity index (χ1n) is 6.28. The SMILES string of the molecule is COCc1cc(C)cc2c(=O)cc(-c3ccsc3)oc12. The molecule has 0 radical (unpaired) electrons. The molecular formula is C16H14O3S. The van der Waals surface area contributed by atoms with Crippen LogP contribution in [0.25, 0.3) is 22.3 Å². The maximum Gasteiger partial charge on any atom is 0.193 e. The summed E-state index contributed by atoms with van der Waals surface area (Å²) in [5.74, 6) is 0.602. The molecule has 0 N–H and O–H groups in total. The van der Waals surface area contributed by atoms with Gasteiger partial charge in [0.05, 0.1) is 12.0 Å². The second kappa shape index (κ2) is 5.23. The fourth-order valence-corrected chi connectivity index (χ4v) is 2.94. The normalized spacial score (nSPS) is 11.1. The number of rotatable bonds is 3. The maximum atomic E-state index is 12.3. The van der Waals surface area contributed by atoms with Gasteiger partial charge >= 0.3 is 0 Å². The van der Waals surface area contributed by atoms with Crippen LogP contribution in [0.2, 0.25) is 0 Å². The molecule has 2 heterocycles. The number of benzene rings is 1. The molecule has 0 saturated heterocycles. The zero-order valence-corrected chi connectivity index (χ0v) is 12.1. The second-order valence-corrected chi connectivity index (χ2v) is 5.50. The van der Waals surface area contributed by atoms with Crippen molar-refractivity contribution in [1.29, 1.82) is 0 Å². The molecule has 0 amide bonds. The van der Waals surface area contributed by atoms with E-state index in [0.29, 0.717) is 23.3 Å². The average molecular weight is 286 g/mol. The Hall–Kier alpha value is -1.91. The fraction of sp³-hybridized carbons (Fsp3) is 0.188. The Morgan fingerprint density at radius 3 is 2.85 bits per heavy atom. The van der Waals surface area contributed by atoms with E-state index in [-0.39, 0.29) is 5.43 Å². The van der Waals surface area contributed by atoms with Gasteiger partial charge in [0.2, 0.25) is 0 Å². The standard InChI is InChI=1S/C16H14O3S/c1-10-5-12(8-18-2)16-13(6-10)14(17)7-15(19-16)11-3-4-20-9-11/h3-7,9H,8H2,1-2H3. The molecule has 0 atom stereocenters. The largest absolute Gasteiger partial charge is 0.455 e. The number of methoxy groups -OCH3 is 1. The van der Waals surface area contributed by atoms with Crippen LogP contribution in [0, 0.1) is 6.92 Å². The molecule has 0 spiro atoms. The van der Waals surface area contributed by atoms with Gasteiger partial charge in [-0.15, -0.1) is 0 Å². The van der Waals surface area contributed by atoms with E-state index < -0.39 is 0 Å². The van der Waals surface area contributed by atoms with Gasteiger partial charge in [-0.05, 0) is 36.1 Å². The highest BCUT2D eigenvalue weighted by Crippen LogP contribution is 2.27. The smallest absolute Gasteiger partial charge is 0.193 e. The van der Waals surface area contributed by atoms with Gasteiger partial charge in [0.25, 0.3) is 0 Å². The zero-order valence-electron chi connectivity index (χ0n) is 11.3. The Morgan fingerprint density at radius 1 is 1.30 bits per heavy atom. The second-order valence-electron chi connectivity index (χ2n) is 4.72. The molecule has 2 aromatic heterocycles. The number of ether oxygens (including phenoxy) is 1. The van der Waals surface area contributed by atoms with Crippen LogP contribution in [0.5, 0.6) is 0 Å². The summed E-state index contributed by atoms with van der Waals surface area (Å²) in [5.41, 5.74) is 3.45. The van der Waals surface area contributed by atoms with Gasteiger partial charge in [0.1, 0.15) is 11.3 Å². The number of hydrogen-bond donors (Lipinski definition) is 0. The number of aryl methyl sites for hydroxylation is 1. The molecule has 0 saturated carbocycles. The monoisotopic (exact) mass is 286 g/mol. The van der Waals surface area contributed by atoms with E-state index in [2.05, 4.69) is 0 Å². The molecule has 0 unspecified atom stereocenters. The zero-order chi connectivity index (χ0) is 14.1. The first-order chi connectivity index (χ1) is 9.69. The lowest BCUT2D eigenvalue weighted by atomic mass is 10.1. The summed E-state index contributed by atoms with van der Waals surface area (Å²) in [6.45, 7) is 2.39. The summed E-state index contributed by atoms with van der Waals surface area (Å²) >= 11 is 1.58. The van der Waals surface area contributed by atoms with Crippen molar-refractivity contribution in [3.8, 4) is 11.3 Å². The fourth-order valence-electron chi connectivity index (χ4n) is 2.30. The average Bonchev–Trinajstić information content (AvgIpc) is 2.94. The van der Waals surface area contributed by atoms with Crippen LogP contribution >= 0.6 is 11.3 Å². The summed E-state index contributed by atoms with van der Waals surface area (Å²) in [6, 6.07) is 7.35. The van der Waals surface area contributed by atoms with Gasteiger partial charge in [0, 0.05) is 29.7 Å². The number of hydrogen-bond acceptors (Lipinski definition) is 4. The van der Waals surface area contributed by atoms with Crippen LogP contribution in [0.1, 0.15) is 11.1 Å². The minimum Gasteiger partial charge on any atom is -0.455 e. The highest BCUT2D eigenvalue weighted by molar-refractivity contribution is 7.08. The molecule has 1 aromatic carbocycles. The van der Waals surface area contributed by atoms with E-state index >= 15 is 0 Å². The lowest BCUT2D eigenvalue weighted by molar-refractivity contribution is 0.185. The molecule has 0 aliphatic heterocycles. The summed E-state index contributed by atoms with van der Waals surface area (Å²) in [5, 5.41) is 4.54. The molecule has 102 valence electrons. The Bertz CT molecular complexity index is 800. The predicted molar refractivity (Wildman–Crippen MR) is 81.2 cm³/mol. The van der Waals surface area contributed by atoms with E-state index in [1.165, 1.54) is 0 Å². The van der Waals surface area contributed by atoms with E-state index in [9.17, 15) is 4.79 Å². The highest BCUT2D eigenvalue weighted by Gasteiger charge is 2.11. The minimum atomic E-state index is -0.0199. The Labute approximate surface area is 120 Å². The Kier molecular flexibility index (Phi) is 3.42. The highest BCUT2D eigenvalue weighted by atomic mass is 32.1. The first-order valence-corrected chi connectivity index (χ1v) is 7.22. The molecular weight excluding hydrogens is 272 g/mol. The Morgan fingerprint density at radius 2 is 2.15 bits per heavy atom. The van der Waals surface area contributed by atoms with Crippen LogP contribution < -0.4 is 5.43 Å². The van der Waals surface area contributed by atoms with Crippen LogP contribution in [-0.2, 0) is 11.3 Å². The number of fused-ring (bicyclic) bond motifs is 1. The van der Waals surface area contributed by atoms with Gasteiger partial charge < -0.3 is 9.15 Å². The van der Waals surface area contributed by atoms with Gasteiger partial charge in [-0.25, -0.2) is 0 Å². The molecule has 3 nitrogen and oxygen atoms in total. The number of thiophene rings is 1. The van der Waals surface area contributed by atoms with Crippen molar-refractivity contribution in [2.45, 2.75) is 13.5 Å². The first kappa shape index (κ1) is 13.1. The van der Waals surface area contributed by atoms with Gasteiger partial charge in [-0.3, -0.25) is 4.79 Å². The van der Waals surface area contributed by atoms with Gasteiger partial charge in [-0.2, -0.15) is 11.3 Å². The molecule has 0 aliphatic rings. The summed E-state index contributed by atoms with van der Waals surface area (Å²) < 4.78 is 11.2. The van der Waals surface area contributed by atoms with Crippen molar-refractivity contribution in [1.82, 2.24) is 0 Å². The van der Waals surface area contributed by atoms with Crippen molar-refractivity contribution in [3.63, 3.8) is 0 Å². The molecule has 0 bridgehead atoms. The van der Waals surface area contributed by atoms with Gasteiger partial charge in [0.15, 0.2) is 5.43 Å². The quantitative estimate of drug-likeness (QED) is 0.731. The van der Waals surface area contributed by atoms with Crippen LogP contribution in [-0.4, -0.2) is 7.11 Å². The van der Waals surface area contributed by atoms with Crippen LogP contribution in [0.4, 0.5) is 0 Å². The summed E-state index contributed by atoms with van der Waals surface area (Å²) in [6.07, 6.45) is 0.